The first kappa shape index (κ1) is 12.1. The minimum absolute atomic E-state index is 0.259. The van der Waals surface area contributed by atoms with E-state index < -0.39 is 5.97 Å². The van der Waals surface area contributed by atoms with E-state index in [9.17, 15) is 4.79 Å². The fraction of sp³-hybridized carbons (Fsp3) is 0. The SMILES string of the molecule is O=C(O)c1ccc(-c2ncc(-c3ccncc3)[nH]2)cc1. The van der Waals surface area contributed by atoms with Crippen molar-refractivity contribution in [2.45, 2.75) is 0 Å². The second kappa shape index (κ2) is 4.97. The molecule has 98 valence electrons. The van der Waals surface area contributed by atoms with Gasteiger partial charge in [0.05, 0.1) is 17.5 Å². The molecule has 0 aliphatic heterocycles. The molecule has 0 fully saturated rings. The number of imidazole rings is 1. The summed E-state index contributed by atoms with van der Waals surface area (Å²) < 4.78 is 0. The van der Waals surface area contributed by atoms with Crippen LogP contribution in [0.2, 0.25) is 0 Å². The molecule has 0 radical (unpaired) electrons. The van der Waals surface area contributed by atoms with Crippen molar-refractivity contribution in [2.75, 3.05) is 0 Å². The van der Waals surface area contributed by atoms with E-state index in [1.165, 1.54) is 0 Å². The van der Waals surface area contributed by atoms with Gasteiger partial charge in [-0.2, -0.15) is 0 Å². The summed E-state index contributed by atoms with van der Waals surface area (Å²) in [6.07, 6.45) is 5.19. The summed E-state index contributed by atoms with van der Waals surface area (Å²) in [5.41, 5.74) is 3.00. The standard InChI is InChI=1S/C15H11N3O2/c19-15(20)12-3-1-11(2-4-12)14-17-9-13(18-14)10-5-7-16-8-6-10/h1-9H,(H,17,18)(H,19,20). The quantitative estimate of drug-likeness (QED) is 0.763. The first-order valence-corrected chi connectivity index (χ1v) is 6.03. The second-order valence-electron chi connectivity index (χ2n) is 4.26. The van der Waals surface area contributed by atoms with E-state index in [0.717, 1.165) is 16.8 Å². The summed E-state index contributed by atoms with van der Waals surface area (Å²) in [5, 5.41) is 8.87. The summed E-state index contributed by atoms with van der Waals surface area (Å²) >= 11 is 0. The zero-order chi connectivity index (χ0) is 13.9. The summed E-state index contributed by atoms with van der Waals surface area (Å²) in [7, 11) is 0. The number of pyridine rings is 1. The van der Waals surface area contributed by atoms with Crippen molar-refractivity contribution in [3.63, 3.8) is 0 Å². The van der Waals surface area contributed by atoms with Crippen LogP contribution in [-0.2, 0) is 0 Å². The van der Waals surface area contributed by atoms with Crippen LogP contribution in [0.4, 0.5) is 0 Å². The number of aromatic carboxylic acids is 1. The minimum Gasteiger partial charge on any atom is -0.478 e. The first-order valence-electron chi connectivity index (χ1n) is 6.03. The lowest BCUT2D eigenvalue weighted by atomic mass is 10.1. The Morgan fingerprint density at radius 2 is 1.70 bits per heavy atom. The fourth-order valence-electron chi connectivity index (χ4n) is 1.92. The summed E-state index contributed by atoms with van der Waals surface area (Å²) in [4.78, 5) is 22.3. The Kier molecular flexibility index (Phi) is 3.01. The Hall–Kier alpha value is -2.95. The molecule has 5 heteroatoms. The highest BCUT2D eigenvalue weighted by Gasteiger charge is 2.07. The molecule has 3 rings (SSSR count). The maximum absolute atomic E-state index is 10.8. The molecular formula is C15H11N3O2. The van der Waals surface area contributed by atoms with Gasteiger partial charge in [-0.25, -0.2) is 9.78 Å². The molecule has 0 bridgehead atoms. The van der Waals surface area contributed by atoms with Crippen LogP contribution in [0.25, 0.3) is 22.6 Å². The van der Waals surface area contributed by atoms with E-state index in [4.69, 9.17) is 5.11 Å². The first-order chi connectivity index (χ1) is 9.74. The van der Waals surface area contributed by atoms with Crippen molar-refractivity contribution in [1.29, 1.82) is 0 Å². The van der Waals surface area contributed by atoms with Crippen LogP contribution in [0.15, 0.2) is 55.0 Å². The number of aromatic nitrogens is 3. The largest absolute Gasteiger partial charge is 0.478 e. The van der Waals surface area contributed by atoms with Gasteiger partial charge in [0, 0.05) is 23.5 Å². The Morgan fingerprint density at radius 3 is 2.35 bits per heavy atom. The molecule has 2 heterocycles. The highest BCUT2D eigenvalue weighted by Crippen LogP contribution is 2.21. The number of carboxylic acids is 1. The van der Waals surface area contributed by atoms with E-state index in [-0.39, 0.29) is 5.56 Å². The zero-order valence-electron chi connectivity index (χ0n) is 10.4. The van der Waals surface area contributed by atoms with E-state index in [1.54, 1.807) is 42.9 Å². The lowest BCUT2D eigenvalue weighted by Gasteiger charge is -1.99. The number of nitrogens with zero attached hydrogens (tertiary/aromatic N) is 2. The Labute approximate surface area is 115 Å². The average molecular weight is 265 g/mol. The molecule has 0 spiro atoms. The third kappa shape index (κ3) is 2.29. The number of nitrogens with one attached hydrogen (secondary N) is 1. The molecule has 2 N–H and O–H groups in total. The van der Waals surface area contributed by atoms with Gasteiger partial charge in [0.1, 0.15) is 5.82 Å². The van der Waals surface area contributed by atoms with Crippen LogP contribution in [0.5, 0.6) is 0 Å². The van der Waals surface area contributed by atoms with Gasteiger partial charge in [0.15, 0.2) is 0 Å². The number of hydrogen-bond donors (Lipinski definition) is 2. The molecule has 0 aliphatic carbocycles. The van der Waals surface area contributed by atoms with E-state index >= 15 is 0 Å². The minimum atomic E-state index is -0.937. The predicted octanol–water partition coefficient (Wildman–Crippen LogP) is 2.84. The topological polar surface area (TPSA) is 78.9 Å². The molecule has 20 heavy (non-hydrogen) atoms. The molecule has 3 aromatic rings. The van der Waals surface area contributed by atoms with Crippen LogP contribution in [-0.4, -0.2) is 26.0 Å². The second-order valence-corrected chi connectivity index (χ2v) is 4.26. The molecule has 0 atom stereocenters. The number of hydrogen-bond acceptors (Lipinski definition) is 3. The maximum Gasteiger partial charge on any atom is 0.335 e. The summed E-state index contributed by atoms with van der Waals surface area (Å²) in [5.74, 6) is -0.234. The molecule has 5 nitrogen and oxygen atoms in total. The van der Waals surface area contributed by atoms with Gasteiger partial charge in [-0.15, -0.1) is 0 Å². The average Bonchev–Trinajstić information content (AvgIpc) is 2.98. The van der Waals surface area contributed by atoms with E-state index in [1.807, 2.05) is 12.1 Å². The lowest BCUT2D eigenvalue weighted by molar-refractivity contribution is 0.0697. The smallest absolute Gasteiger partial charge is 0.335 e. The Bertz CT molecular complexity index is 733. The van der Waals surface area contributed by atoms with Crippen LogP contribution >= 0.6 is 0 Å². The van der Waals surface area contributed by atoms with Crippen molar-refractivity contribution in [3.8, 4) is 22.6 Å². The van der Waals surface area contributed by atoms with Gasteiger partial charge in [-0.3, -0.25) is 4.98 Å². The molecule has 0 unspecified atom stereocenters. The number of carboxylic acid groups (broad SMARTS) is 1. The highest BCUT2D eigenvalue weighted by molar-refractivity contribution is 5.88. The normalized spacial score (nSPS) is 10.4. The summed E-state index contributed by atoms with van der Waals surface area (Å²) in [6, 6.07) is 10.4. The molecule has 0 aliphatic rings. The monoisotopic (exact) mass is 265 g/mol. The van der Waals surface area contributed by atoms with Gasteiger partial charge in [-0.05, 0) is 24.3 Å². The summed E-state index contributed by atoms with van der Waals surface area (Å²) in [6.45, 7) is 0. The highest BCUT2D eigenvalue weighted by atomic mass is 16.4. The lowest BCUT2D eigenvalue weighted by Crippen LogP contribution is -1.95. The van der Waals surface area contributed by atoms with Gasteiger partial charge < -0.3 is 10.1 Å². The molecule has 1 aromatic carbocycles. The van der Waals surface area contributed by atoms with Gasteiger partial charge in [0.2, 0.25) is 0 Å². The van der Waals surface area contributed by atoms with Crippen LogP contribution in [0.3, 0.4) is 0 Å². The Morgan fingerprint density at radius 1 is 1.00 bits per heavy atom. The van der Waals surface area contributed by atoms with Crippen molar-refractivity contribution in [1.82, 2.24) is 15.0 Å². The maximum atomic E-state index is 10.8. The van der Waals surface area contributed by atoms with Crippen molar-refractivity contribution >= 4 is 5.97 Å². The van der Waals surface area contributed by atoms with Gasteiger partial charge in [0.25, 0.3) is 0 Å². The third-order valence-electron chi connectivity index (χ3n) is 2.97. The molecule has 0 saturated heterocycles. The van der Waals surface area contributed by atoms with Crippen molar-refractivity contribution in [2.24, 2.45) is 0 Å². The number of carbonyl (C=O) groups is 1. The van der Waals surface area contributed by atoms with Crippen molar-refractivity contribution < 1.29 is 9.90 Å². The van der Waals surface area contributed by atoms with Gasteiger partial charge >= 0.3 is 5.97 Å². The molecule has 2 aromatic heterocycles. The zero-order valence-corrected chi connectivity index (χ0v) is 10.4. The number of rotatable bonds is 3. The van der Waals surface area contributed by atoms with Crippen LogP contribution in [0.1, 0.15) is 10.4 Å². The molecular weight excluding hydrogens is 254 g/mol. The van der Waals surface area contributed by atoms with E-state index in [2.05, 4.69) is 15.0 Å². The third-order valence-corrected chi connectivity index (χ3v) is 2.97. The number of benzene rings is 1. The Balaban J connectivity index is 1.92. The molecule has 0 saturated carbocycles. The predicted molar refractivity (Wildman–Crippen MR) is 74.2 cm³/mol. The molecule has 0 amide bonds. The van der Waals surface area contributed by atoms with Gasteiger partial charge in [-0.1, -0.05) is 12.1 Å². The number of aromatic amines is 1. The number of H-pyrrole nitrogens is 1. The van der Waals surface area contributed by atoms with Crippen LogP contribution < -0.4 is 0 Å². The van der Waals surface area contributed by atoms with E-state index in [0.29, 0.717) is 5.82 Å². The fourth-order valence-corrected chi connectivity index (χ4v) is 1.92. The van der Waals surface area contributed by atoms with Crippen LogP contribution in [0, 0.1) is 0 Å². The van der Waals surface area contributed by atoms with Crippen molar-refractivity contribution in [3.05, 3.63) is 60.6 Å².